The minimum atomic E-state index is -4.00. The molecule has 0 amide bonds. The average Bonchev–Trinajstić information content (AvgIpc) is 2.38. The molecule has 0 unspecified atom stereocenters. The molecule has 0 aliphatic heterocycles. The molecule has 21 heavy (non-hydrogen) atoms. The Morgan fingerprint density at radius 1 is 1.19 bits per heavy atom. The van der Waals surface area contributed by atoms with Crippen LogP contribution in [-0.4, -0.2) is 19.5 Å². The molecule has 0 spiro atoms. The van der Waals surface area contributed by atoms with Crippen LogP contribution in [0.5, 0.6) is 0 Å². The first-order valence-electron chi connectivity index (χ1n) is 5.61. The van der Waals surface area contributed by atoms with Gasteiger partial charge in [0.2, 0.25) is 0 Å². The normalized spacial score (nSPS) is 11.1. The third-order valence-electron chi connectivity index (χ3n) is 2.56. The number of carboxylic acid groups (broad SMARTS) is 1. The van der Waals surface area contributed by atoms with Gasteiger partial charge in [0, 0.05) is 4.47 Å². The molecule has 5 nitrogen and oxygen atoms in total. The molecular formula is C13H9BrFNO4S. The van der Waals surface area contributed by atoms with Gasteiger partial charge in [-0.15, -0.1) is 0 Å². The minimum Gasteiger partial charge on any atom is -0.478 e. The van der Waals surface area contributed by atoms with Crippen LogP contribution in [0.4, 0.5) is 10.1 Å². The van der Waals surface area contributed by atoms with E-state index >= 15 is 0 Å². The molecule has 0 fully saturated rings. The summed E-state index contributed by atoms with van der Waals surface area (Å²) >= 11 is 3.03. The lowest BCUT2D eigenvalue weighted by atomic mass is 10.2. The Morgan fingerprint density at radius 3 is 2.52 bits per heavy atom. The van der Waals surface area contributed by atoms with Crippen molar-refractivity contribution >= 4 is 37.6 Å². The third-order valence-corrected chi connectivity index (χ3v) is 4.63. The number of benzene rings is 2. The maximum Gasteiger partial charge on any atom is 0.336 e. The summed E-state index contributed by atoms with van der Waals surface area (Å²) in [4.78, 5) is 10.8. The topological polar surface area (TPSA) is 83.5 Å². The fourth-order valence-electron chi connectivity index (χ4n) is 1.60. The molecule has 0 radical (unpaired) electrons. The number of aromatic carboxylic acids is 1. The predicted octanol–water partition coefficient (Wildman–Crippen LogP) is 3.09. The van der Waals surface area contributed by atoms with Gasteiger partial charge in [-0.3, -0.25) is 4.72 Å². The molecule has 110 valence electrons. The van der Waals surface area contributed by atoms with Crippen molar-refractivity contribution < 1.29 is 22.7 Å². The van der Waals surface area contributed by atoms with Crippen LogP contribution in [0.15, 0.2) is 51.8 Å². The second-order valence-electron chi connectivity index (χ2n) is 4.06. The molecular weight excluding hydrogens is 365 g/mol. The highest BCUT2D eigenvalue weighted by atomic mass is 79.9. The van der Waals surface area contributed by atoms with Crippen molar-refractivity contribution in [3.05, 3.63) is 58.3 Å². The van der Waals surface area contributed by atoms with Crippen LogP contribution in [-0.2, 0) is 10.0 Å². The lowest BCUT2D eigenvalue weighted by Gasteiger charge is -2.09. The van der Waals surface area contributed by atoms with E-state index in [1.165, 1.54) is 30.3 Å². The Morgan fingerprint density at radius 2 is 1.90 bits per heavy atom. The van der Waals surface area contributed by atoms with E-state index in [1.54, 1.807) is 0 Å². The molecule has 8 heteroatoms. The van der Waals surface area contributed by atoms with Crippen LogP contribution in [0, 0.1) is 5.82 Å². The van der Waals surface area contributed by atoms with Crippen LogP contribution >= 0.6 is 15.9 Å². The molecule has 0 atom stereocenters. The van der Waals surface area contributed by atoms with E-state index in [0.717, 1.165) is 12.1 Å². The Kier molecular flexibility index (Phi) is 4.29. The summed E-state index contributed by atoms with van der Waals surface area (Å²) in [5, 5.41) is 8.99. The highest BCUT2D eigenvalue weighted by Crippen LogP contribution is 2.23. The number of hydrogen-bond donors (Lipinski definition) is 2. The summed E-state index contributed by atoms with van der Waals surface area (Å²) in [7, 11) is -4.00. The Bertz CT molecular complexity index is 808. The molecule has 0 saturated carbocycles. The zero-order valence-electron chi connectivity index (χ0n) is 10.4. The predicted molar refractivity (Wildman–Crippen MR) is 78.3 cm³/mol. The van der Waals surface area contributed by atoms with E-state index in [2.05, 4.69) is 20.7 Å². The van der Waals surface area contributed by atoms with E-state index in [0.29, 0.717) is 0 Å². The van der Waals surface area contributed by atoms with Crippen LogP contribution in [0.1, 0.15) is 10.4 Å². The van der Waals surface area contributed by atoms with Gasteiger partial charge in [0.15, 0.2) is 0 Å². The van der Waals surface area contributed by atoms with Crippen LogP contribution in [0.3, 0.4) is 0 Å². The molecule has 2 aromatic carbocycles. The van der Waals surface area contributed by atoms with E-state index in [4.69, 9.17) is 5.11 Å². The number of carboxylic acids is 1. The first-order chi connectivity index (χ1) is 9.79. The first kappa shape index (κ1) is 15.5. The molecule has 0 aromatic heterocycles. The molecule has 2 rings (SSSR count). The largest absolute Gasteiger partial charge is 0.478 e. The van der Waals surface area contributed by atoms with Crippen molar-refractivity contribution in [3.8, 4) is 0 Å². The van der Waals surface area contributed by atoms with Crippen molar-refractivity contribution in [1.29, 1.82) is 0 Å². The second-order valence-corrected chi connectivity index (χ2v) is 6.60. The number of hydrogen-bond acceptors (Lipinski definition) is 3. The average molecular weight is 374 g/mol. The van der Waals surface area contributed by atoms with Crippen molar-refractivity contribution in [2.45, 2.75) is 4.90 Å². The molecule has 0 aliphatic carbocycles. The van der Waals surface area contributed by atoms with Crippen molar-refractivity contribution in [2.75, 3.05) is 4.72 Å². The Balaban J connectivity index is 2.40. The van der Waals surface area contributed by atoms with Gasteiger partial charge >= 0.3 is 5.97 Å². The van der Waals surface area contributed by atoms with Gasteiger partial charge in [0.05, 0.1) is 16.1 Å². The molecule has 2 aromatic rings. The summed E-state index contributed by atoms with van der Waals surface area (Å²) in [6.07, 6.45) is 0. The number of carbonyl (C=O) groups is 1. The number of sulfonamides is 1. The number of halogens is 2. The Labute approximate surface area is 128 Å². The monoisotopic (exact) mass is 373 g/mol. The number of rotatable bonds is 4. The quantitative estimate of drug-likeness (QED) is 0.862. The highest BCUT2D eigenvalue weighted by Gasteiger charge is 2.18. The second kappa shape index (κ2) is 5.82. The number of nitrogens with one attached hydrogen (secondary N) is 1. The van der Waals surface area contributed by atoms with Crippen LogP contribution in [0.2, 0.25) is 0 Å². The van der Waals surface area contributed by atoms with Gasteiger partial charge in [-0.05, 0) is 52.3 Å². The smallest absolute Gasteiger partial charge is 0.336 e. The molecule has 0 bridgehead atoms. The van der Waals surface area contributed by atoms with Gasteiger partial charge in [-0.1, -0.05) is 6.07 Å². The summed E-state index contributed by atoms with van der Waals surface area (Å²) < 4.78 is 39.8. The lowest BCUT2D eigenvalue weighted by Crippen LogP contribution is -2.14. The van der Waals surface area contributed by atoms with Gasteiger partial charge < -0.3 is 5.11 Å². The van der Waals surface area contributed by atoms with Gasteiger partial charge in [0.1, 0.15) is 5.82 Å². The van der Waals surface area contributed by atoms with Gasteiger partial charge in [0.25, 0.3) is 10.0 Å². The molecule has 0 heterocycles. The van der Waals surface area contributed by atoms with Crippen molar-refractivity contribution in [2.24, 2.45) is 0 Å². The third kappa shape index (κ3) is 3.59. The maximum absolute atomic E-state index is 13.0. The van der Waals surface area contributed by atoms with E-state index in [-0.39, 0.29) is 20.6 Å². The summed E-state index contributed by atoms with van der Waals surface area (Å²) in [5.41, 5.74) is -0.132. The zero-order valence-corrected chi connectivity index (χ0v) is 12.8. The van der Waals surface area contributed by atoms with E-state index in [9.17, 15) is 17.6 Å². The summed E-state index contributed by atoms with van der Waals surface area (Å²) in [5.74, 6) is -1.85. The fourth-order valence-corrected chi connectivity index (χ4v) is 3.09. The van der Waals surface area contributed by atoms with Crippen molar-refractivity contribution in [3.63, 3.8) is 0 Å². The minimum absolute atomic E-state index is 0.0507. The van der Waals surface area contributed by atoms with Crippen LogP contribution < -0.4 is 4.72 Å². The summed E-state index contributed by atoms with van der Waals surface area (Å²) in [6.45, 7) is 0. The van der Waals surface area contributed by atoms with Crippen molar-refractivity contribution in [1.82, 2.24) is 0 Å². The standard InChI is InChI=1S/C13H9BrFNO4S/c14-12-5-4-10(7-11(12)13(17)18)21(19,20)16-9-3-1-2-8(15)6-9/h1-7,16H,(H,17,18). The first-order valence-corrected chi connectivity index (χ1v) is 7.88. The highest BCUT2D eigenvalue weighted by molar-refractivity contribution is 9.10. The van der Waals surface area contributed by atoms with Crippen LogP contribution in [0.25, 0.3) is 0 Å². The maximum atomic E-state index is 13.0. The molecule has 0 aliphatic rings. The molecule has 2 N–H and O–H groups in total. The number of anilines is 1. The Hall–Kier alpha value is -1.93. The van der Waals surface area contributed by atoms with E-state index < -0.39 is 21.8 Å². The SMILES string of the molecule is O=C(O)c1cc(S(=O)(=O)Nc2cccc(F)c2)ccc1Br. The summed E-state index contributed by atoms with van der Waals surface area (Å²) in [6, 6.07) is 8.54. The van der Waals surface area contributed by atoms with Gasteiger partial charge in [-0.25, -0.2) is 17.6 Å². The molecule has 0 saturated heterocycles. The lowest BCUT2D eigenvalue weighted by molar-refractivity contribution is 0.0695. The fraction of sp³-hybridized carbons (Fsp3) is 0. The zero-order chi connectivity index (χ0) is 15.6. The van der Waals surface area contributed by atoms with E-state index in [1.807, 2.05) is 0 Å². The van der Waals surface area contributed by atoms with Gasteiger partial charge in [-0.2, -0.15) is 0 Å².